The summed E-state index contributed by atoms with van der Waals surface area (Å²) in [4.78, 5) is 12.5. The molecule has 2 heterocycles. The number of carbonyl (C=O) groups is 1. The lowest BCUT2D eigenvalue weighted by Crippen LogP contribution is -2.23. The maximum atomic E-state index is 12.5. The number of nitrogens with one attached hydrogen (secondary N) is 1. The summed E-state index contributed by atoms with van der Waals surface area (Å²) >= 11 is 7.30. The molecule has 0 radical (unpaired) electrons. The average Bonchev–Trinajstić information content (AvgIpc) is 3.28. The molecule has 3 aromatic rings. The Bertz CT molecular complexity index is 882. The quantitative estimate of drug-likeness (QED) is 0.617. The van der Waals surface area contributed by atoms with Gasteiger partial charge >= 0.3 is 0 Å². The number of nitrogens with zero attached hydrogens (tertiary/aromatic N) is 3. The van der Waals surface area contributed by atoms with E-state index in [0.29, 0.717) is 28.2 Å². The summed E-state index contributed by atoms with van der Waals surface area (Å²) in [5.74, 6) is 1.14. The second kappa shape index (κ2) is 8.29. The van der Waals surface area contributed by atoms with Crippen LogP contribution in [0.1, 0.15) is 12.7 Å². The van der Waals surface area contributed by atoms with Crippen LogP contribution in [0.5, 0.6) is 5.75 Å². The molecule has 0 saturated carbocycles. The molecular formula is C17H17ClN4O3S. The van der Waals surface area contributed by atoms with Crippen molar-refractivity contribution in [1.82, 2.24) is 14.8 Å². The fourth-order valence-electron chi connectivity index (χ4n) is 2.24. The Balaban J connectivity index is 1.67. The molecule has 9 heteroatoms. The van der Waals surface area contributed by atoms with Crippen molar-refractivity contribution in [2.45, 2.75) is 23.9 Å². The van der Waals surface area contributed by atoms with Gasteiger partial charge in [-0.05, 0) is 37.3 Å². The maximum absolute atomic E-state index is 12.5. The van der Waals surface area contributed by atoms with Crippen LogP contribution in [-0.2, 0) is 11.3 Å². The number of halogens is 1. The number of benzene rings is 1. The Morgan fingerprint density at radius 2 is 2.31 bits per heavy atom. The molecule has 0 bridgehead atoms. The number of rotatable bonds is 7. The molecular weight excluding hydrogens is 376 g/mol. The van der Waals surface area contributed by atoms with E-state index in [1.165, 1.54) is 18.9 Å². The number of methoxy groups -OCH3 is 1. The lowest BCUT2D eigenvalue weighted by molar-refractivity contribution is -0.115. The minimum absolute atomic E-state index is 0.192. The number of amides is 1. The number of anilines is 1. The van der Waals surface area contributed by atoms with Crippen molar-refractivity contribution in [3.05, 3.63) is 53.7 Å². The highest BCUT2D eigenvalue weighted by Crippen LogP contribution is 2.29. The van der Waals surface area contributed by atoms with Crippen molar-refractivity contribution in [3.8, 4) is 5.75 Å². The van der Waals surface area contributed by atoms with Crippen molar-refractivity contribution in [3.63, 3.8) is 0 Å². The summed E-state index contributed by atoms with van der Waals surface area (Å²) in [5.41, 5.74) is 0.523. The molecule has 0 aliphatic heterocycles. The topological polar surface area (TPSA) is 82.2 Å². The second-order valence-electron chi connectivity index (χ2n) is 5.41. The summed E-state index contributed by atoms with van der Waals surface area (Å²) < 4.78 is 12.4. The molecule has 0 spiro atoms. The molecule has 136 valence electrons. The van der Waals surface area contributed by atoms with Crippen LogP contribution in [0.25, 0.3) is 0 Å². The normalized spacial score (nSPS) is 12.0. The minimum atomic E-state index is -0.404. The zero-order valence-corrected chi connectivity index (χ0v) is 15.8. The lowest BCUT2D eigenvalue weighted by atomic mass is 10.3. The van der Waals surface area contributed by atoms with Crippen molar-refractivity contribution in [2.24, 2.45) is 0 Å². The zero-order valence-electron chi connectivity index (χ0n) is 14.2. The first kappa shape index (κ1) is 18.3. The first-order valence-electron chi connectivity index (χ1n) is 7.78. The number of hydrogen-bond acceptors (Lipinski definition) is 6. The van der Waals surface area contributed by atoms with Gasteiger partial charge in [0.05, 0.1) is 30.9 Å². The highest BCUT2D eigenvalue weighted by atomic mass is 35.5. The fourth-order valence-corrected chi connectivity index (χ4v) is 3.23. The Kier molecular flexibility index (Phi) is 5.85. The van der Waals surface area contributed by atoms with E-state index in [9.17, 15) is 4.79 Å². The molecule has 0 aliphatic rings. The number of carbonyl (C=O) groups excluding carboxylic acids is 1. The molecule has 2 aromatic heterocycles. The fraction of sp³-hybridized carbons (Fsp3) is 0.235. The average molecular weight is 393 g/mol. The predicted molar refractivity (Wildman–Crippen MR) is 99.8 cm³/mol. The van der Waals surface area contributed by atoms with Crippen molar-refractivity contribution >= 4 is 35.0 Å². The number of hydrogen-bond donors (Lipinski definition) is 1. The predicted octanol–water partition coefficient (Wildman–Crippen LogP) is 3.70. The molecule has 1 atom stereocenters. The van der Waals surface area contributed by atoms with Gasteiger partial charge in [0.1, 0.15) is 17.8 Å². The highest BCUT2D eigenvalue weighted by Gasteiger charge is 2.19. The number of aromatic nitrogens is 3. The van der Waals surface area contributed by atoms with Crippen LogP contribution in [0.4, 0.5) is 5.69 Å². The second-order valence-corrected chi connectivity index (χ2v) is 7.16. The van der Waals surface area contributed by atoms with Crippen molar-refractivity contribution in [1.29, 1.82) is 0 Å². The molecule has 7 nitrogen and oxygen atoms in total. The van der Waals surface area contributed by atoms with Gasteiger partial charge in [0.15, 0.2) is 5.16 Å². The Morgan fingerprint density at radius 1 is 1.46 bits per heavy atom. The number of furan rings is 1. The highest BCUT2D eigenvalue weighted by molar-refractivity contribution is 8.00. The van der Waals surface area contributed by atoms with E-state index in [1.54, 1.807) is 37.7 Å². The van der Waals surface area contributed by atoms with Crippen LogP contribution in [0.15, 0.2) is 52.5 Å². The van der Waals surface area contributed by atoms with Gasteiger partial charge in [-0.3, -0.25) is 4.79 Å². The minimum Gasteiger partial charge on any atom is -0.495 e. The van der Waals surface area contributed by atoms with Gasteiger partial charge in [-0.15, -0.1) is 10.2 Å². The van der Waals surface area contributed by atoms with Crippen molar-refractivity contribution < 1.29 is 13.9 Å². The number of ether oxygens (including phenoxy) is 1. The van der Waals surface area contributed by atoms with Gasteiger partial charge in [0.2, 0.25) is 5.91 Å². The SMILES string of the molecule is COc1ccc(Cl)cc1NC(=O)[C@@H](C)Sc1nncn1Cc1ccco1. The van der Waals surface area contributed by atoms with Crippen LogP contribution >= 0.6 is 23.4 Å². The summed E-state index contributed by atoms with van der Waals surface area (Å²) in [6, 6.07) is 8.74. The van der Waals surface area contributed by atoms with Crippen LogP contribution in [-0.4, -0.2) is 33.0 Å². The molecule has 1 aromatic carbocycles. The largest absolute Gasteiger partial charge is 0.495 e. The summed E-state index contributed by atoms with van der Waals surface area (Å²) in [6.07, 6.45) is 3.22. The van der Waals surface area contributed by atoms with Crippen LogP contribution in [0.3, 0.4) is 0 Å². The maximum Gasteiger partial charge on any atom is 0.237 e. The van der Waals surface area contributed by atoms with Crippen LogP contribution in [0.2, 0.25) is 5.02 Å². The van der Waals surface area contributed by atoms with Gasteiger partial charge in [0, 0.05) is 5.02 Å². The summed E-state index contributed by atoms with van der Waals surface area (Å²) in [7, 11) is 1.54. The van der Waals surface area contributed by atoms with Gasteiger partial charge < -0.3 is 19.0 Å². The van der Waals surface area contributed by atoms with E-state index in [-0.39, 0.29) is 5.91 Å². The lowest BCUT2D eigenvalue weighted by Gasteiger charge is -2.14. The van der Waals surface area contributed by atoms with Crippen LogP contribution in [0, 0.1) is 0 Å². The molecule has 0 saturated heterocycles. The van der Waals surface area contributed by atoms with E-state index >= 15 is 0 Å². The Hall–Kier alpha value is -2.45. The third-order valence-corrected chi connectivity index (χ3v) is 4.89. The van der Waals surface area contributed by atoms with Gasteiger partial charge in [-0.2, -0.15) is 0 Å². The van der Waals surface area contributed by atoms with Gasteiger partial charge in [0.25, 0.3) is 0 Å². The molecule has 0 unspecified atom stereocenters. The van der Waals surface area contributed by atoms with Gasteiger partial charge in [-0.25, -0.2) is 0 Å². The van der Waals surface area contributed by atoms with E-state index < -0.39 is 5.25 Å². The first-order chi connectivity index (χ1) is 12.6. The Labute approximate surface area is 159 Å². The molecule has 1 N–H and O–H groups in total. The molecule has 26 heavy (non-hydrogen) atoms. The monoisotopic (exact) mass is 392 g/mol. The summed E-state index contributed by atoms with van der Waals surface area (Å²) in [5, 5.41) is 11.6. The van der Waals surface area contributed by atoms with Crippen LogP contribution < -0.4 is 10.1 Å². The van der Waals surface area contributed by atoms with E-state index in [4.69, 9.17) is 20.8 Å². The smallest absolute Gasteiger partial charge is 0.237 e. The third-order valence-electron chi connectivity index (χ3n) is 3.56. The first-order valence-corrected chi connectivity index (χ1v) is 9.04. The Morgan fingerprint density at radius 3 is 3.04 bits per heavy atom. The molecule has 1 amide bonds. The molecule has 0 aliphatic carbocycles. The number of thioether (sulfide) groups is 1. The van der Waals surface area contributed by atoms with E-state index in [2.05, 4.69) is 15.5 Å². The zero-order chi connectivity index (χ0) is 18.5. The van der Waals surface area contributed by atoms with Crippen molar-refractivity contribution in [2.75, 3.05) is 12.4 Å². The third kappa shape index (κ3) is 4.39. The van der Waals surface area contributed by atoms with Gasteiger partial charge in [-0.1, -0.05) is 23.4 Å². The molecule has 3 rings (SSSR count). The summed E-state index contributed by atoms with van der Waals surface area (Å²) in [6.45, 7) is 2.29. The molecule has 0 fully saturated rings. The van der Waals surface area contributed by atoms with E-state index in [1.807, 2.05) is 16.7 Å². The van der Waals surface area contributed by atoms with E-state index in [0.717, 1.165) is 5.76 Å². The standard InChI is InChI=1S/C17H17ClN4O3S/c1-11(16(23)20-14-8-12(18)5-6-15(14)24-2)26-17-21-19-10-22(17)9-13-4-3-7-25-13/h3-8,10-11H,9H2,1-2H3,(H,20,23)/t11-/m1/s1.